The summed E-state index contributed by atoms with van der Waals surface area (Å²) in [6, 6.07) is 11.5. The van der Waals surface area contributed by atoms with Crippen LogP contribution in [0.4, 0.5) is 11.4 Å². The molecule has 1 amide bonds. The molecule has 0 radical (unpaired) electrons. The van der Waals surface area contributed by atoms with Gasteiger partial charge in [-0.05, 0) is 29.8 Å². The molecule has 1 N–H and O–H groups in total. The number of nitrogens with zero attached hydrogens (tertiary/aromatic N) is 2. The Labute approximate surface area is 155 Å². The van der Waals surface area contributed by atoms with Crippen molar-refractivity contribution in [2.45, 2.75) is 6.54 Å². The number of morpholine rings is 1. The van der Waals surface area contributed by atoms with Crippen LogP contribution in [0.2, 0.25) is 5.02 Å². The third-order valence-corrected chi connectivity index (χ3v) is 4.45. The Morgan fingerprint density at radius 3 is 2.54 bits per heavy atom. The topological polar surface area (TPSA) is 84.7 Å². The van der Waals surface area contributed by atoms with Crippen LogP contribution in [0.1, 0.15) is 15.9 Å². The van der Waals surface area contributed by atoms with E-state index in [1.807, 2.05) is 24.3 Å². The molecule has 0 atom stereocenters. The highest BCUT2D eigenvalue weighted by atomic mass is 35.5. The van der Waals surface area contributed by atoms with Crippen molar-refractivity contribution in [3.05, 3.63) is 68.7 Å². The van der Waals surface area contributed by atoms with E-state index in [-0.39, 0.29) is 16.3 Å². The number of anilines is 1. The van der Waals surface area contributed by atoms with Crippen LogP contribution in [0, 0.1) is 10.1 Å². The molecule has 0 saturated carbocycles. The molecule has 1 fully saturated rings. The monoisotopic (exact) mass is 375 g/mol. The summed E-state index contributed by atoms with van der Waals surface area (Å²) in [5, 5.41) is 13.7. The smallest absolute Gasteiger partial charge is 0.288 e. The van der Waals surface area contributed by atoms with Gasteiger partial charge in [0.1, 0.15) is 5.02 Å². The summed E-state index contributed by atoms with van der Waals surface area (Å²) in [7, 11) is 0. The highest BCUT2D eigenvalue weighted by Gasteiger charge is 2.16. The Morgan fingerprint density at radius 1 is 1.19 bits per heavy atom. The van der Waals surface area contributed by atoms with E-state index in [0.717, 1.165) is 38.4 Å². The van der Waals surface area contributed by atoms with Crippen LogP contribution in [0.5, 0.6) is 0 Å². The maximum absolute atomic E-state index is 12.3. The van der Waals surface area contributed by atoms with E-state index in [0.29, 0.717) is 5.69 Å². The van der Waals surface area contributed by atoms with Crippen LogP contribution in [0.25, 0.3) is 0 Å². The normalized spacial score (nSPS) is 14.8. The zero-order valence-electron chi connectivity index (χ0n) is 14.0. The minimum atomic E-state index is -0.612. The van der Waals surface area contributed by atoms with Gasteiger partial charge in [-0.2, -0.15) is 0 Å². The lowest BCUT2D eigenvalue weighted by atomic mass is 10.1. The van der Waals surface area contributed by atoms with Crippen LogP contribution in [0.3, 0.4) is 0 Å². The summed E-state index contributed by atoms with van der Waals surface area (Å²) in [5.41, 5.74) is 1.66. The number of nitro benzene ring substituents is 1. The van der Waals surface area contributed by atoms with Gasteiger partial charge < -0.3 is 10.1 Å². The standard InChI is InChI=1S/C18H18ClN3O4/c19-16-6-3-14(11-17(16)22(24)25)18(23)20-15-4-1-13(2-5-15)12-21-7-9-26-10-8-21/h1-6,11H,7-10,12H2,(H,20,23). The number of hydrogen-bond acceptors (Lipinski definition) is 5. The SMILES string of the molecule is O=C(Nc1ccc(CN2CCOCC2)cc1)c1ccc(Cl)c([N+](=O)[O-])c1. The van der Waals surface area contributed by atoms with Crippen molar-refractivity contribution < 1.29 is 14.5 Å². The maximum atomic E-state index is 12.3. The lowest BCUT2D eigenvalue weighted by molar-refractivity contribution is -0.384. The molecule has 0 spiro atoms. The molecule has 7 nitrogen and oxygen atoms in total. The second-order valence-corrected chi connectivity index (χ2v) is 6.37. The Hall–Kier alpha value is -2.48. The first-order valence-corrected chi connectivity index (χ1v) is 8.55. The number of ether oxygens (including phenoxy) is 1. The number of halogens is 1. The largest absolute Gasteiger partial charge is 0.379 e. The lowest BCUT2D eigenvalue weighted by Crippen LogP contribution is -2.35. The van der Waals surface area contributed by atoms with Crippen LogP contribution in [-0.2, 0) is 11.3 Å². The summed E-state index contributed by atoms with van der Waals surface area (Å²) in [5.74, 6) is -0.425. The fourth-order valence-electron chi connectivity index (χ4n) is 2.71. The van der Waals surface area contributed by atoms with Crippen molar-refractivity contribution in [3.8, 4) is 0 Å². The zero-order valence-corrected chi connectivity index (χ0v) is 14.7. The Balaban J connectivity index is 1.64. The third kappa shape index (κ3) is 4.57. The number of carbonyl (C=O) groups is 1. The number of rotatable bonds is 5. The highest BCUT2D eigenvalue weighted by molar-refractivity contribution is 6.32. The number of amides is 1. The van der Waals surface area contributed by atoms with E-state index in [1.54, 1.807) is 0 Å². The first-order chi connectivity index (χ1) is 12.5. The van der Waals surface area contributed by atoms with E-state index < -0.39 is 10.8 Å². The van der Waals surface area contributed by atoms with Crippen LogP contribution in [-0.4, -0.2) is 42.0 Å². The van der Waals surface area contributed by atoms with E-state index in [9.17, 15) is 14.9 Å². The molecular formula is C18H18ClN3O4. The van der Waals surface area contributed by atoms with Gasteiger partial charge in [0.15, 0.2) is 0 Å². The van der Waals surface area contributed by atoms with Gasteiger partial charge >= 0.3 is 0 Å². The van der Waals surface area contributed by atoms with E-state index in [1.165, 1.54) is 18.2 Å². The van der Waals surface area contributed by atoms with Crippen molar-refractivity contribution >= 4 is 28.9 Å². The molecule has 136 valence electrons. The molecule has 1 aliphatic heterocycles. The Morgan fingerprint density at radius 2 is 1.88 bits per heavy atom. The predicted octanol–water partition coefficient (Wildman–Crippen LogP) is 3.33. The minimum absolute atomic E-state index is 0.000911. The summed E-state index contributed by atoms with van der Waals surface area (Å²) in [4.78, 5) is 24.9. The predicted molar refractivity (Wildman–Crippen MR) is 98.6 cm³/mol. The summed E-state index contributed by atoms with van der Waals surface area (Å²) >= 11 is 5.77. The number of hydrogen-bond donors (Lipinski definition) is 1. The van der Waals surface area contributed by atoms with Gasteiger partial charge in [0.25, 0.3) is 11.6 Å². The van der Waals surface area contributed by atoms with Gasteiger partial charge in [-0.3, -0.25) is 19.8 Å². The van der Waals surface area contributed by atoms with Gasteiger partial charge in [0, 0.05) is 37.0 Å². The molecule has 0 bridgehead atoms. The number of nitro groups is 1. The molecule has 1 saturated heterocycles. The first kappa shape index (κ1) is 18.3. The quantitative estimate of drug-likeness (QED) is 0.640. The van der Waals surface area contributed by atoms with Crippen LogP contribution in [0.15, 0.2) is 42.5 Å². The van der Waals surface area contributed by atoms with E-state index in [2.05, 4.69) is 10.2 Å². The van der Waals surface area contributed by atoms with Crippen LogP contribution >= 0.6 is 11.6 Å². The average molecular weight is 376 g/mol. The molecule has 26 heavy (non-hydrogen) atoms. The lowest BCUT2D eigenvalue weighted by Gasteiger charge is -2.26. The van der Waals surface area contributed by atoms with Crippen molar-refractivity contribution in [2.75, 3.05) is 31.6 Å². The minimum Gasteiger partial charge on any atom is -0.379 e. The van der Waals surface area contributed by atoms with E-state index in [4.69, 9.17) is 16.3 Å². The van der Waals surface area contributed by atoms with Gasteiger partial charge in [-0.1, -0.05) is 23.7 Å². The highest BCUT2D eigenvalue weighted by Crippen LogP contribution is 2.25. The fraction of sp³-hybridized carbons (Fsp3) is 0.278. The molecule has 1 heterocycles. The third-order valence-electron chi connectivity index (χ3n) is 4.13. The first-order valence-electron chi connectivity index (χ1n) is 8.17. The Kier molecular flexibility index (Phi) is 5.82. The summed E-state index contributed by atoms with van der Waals surface area (Å²) < 4.78 is 5.33. The summed E-state index contributed by atoms with van der Waals surface area (Å²) in [6.07, 6.45) is 0. The number of nitrogens with one attached hydrogen (secondary N) is 1. The zero-order chi connectivity index (χ0) is 18.5. The average Bonchev–Trinajstić information content (AvgIpc) is 2.64. The van der Waals surface area contributed by atoms with Crippen molar-refractivity contribution in [2.24, 2.45) is 0 Å². The van der Waals surface area contributed by atoms with E-state index >= 15 is 0 Å². The van der Waals surface area contributed by atoms with Crippen molar-refractivity contribution in [1.82, 2.24) is 4.90 Å². The van der Waals surface area contributed by atoms with Gasteiger partial charge in [-0.15, -0.1) is 0 Å². The van der Waals surface area contributed by atoms with Gasteiger partial charge in [0.05, 0.1) is 18.1 Å². The van der Waals surface area contributed by atoms with Gasteiger partial charge in [0.2, 0.25) is 0 Å². The van der Waals surface area contributed by atoms with Crippen molar-refractivity contribution in [3.63, 3.8) is 0 Å². The maximum Gasteiger partial charge on any atom is 0.288 e. The van der Waals surface area contributed by atoms with Crippen LogP contribution < -0.4 is 5.32 Å². The molecule has 1 aliphatic rings. The fourth-order valence-corrected chi connectivity index (χ4v) is 2.89. The molecule has 2 aromatic carbocycles. The Bertz CT molecular complexity index is 805. The molecule has 8 heteroatoms. The molecule has 0 aromatic heterocycles. The van der Waals surface area contributed by atoms with Gasteiger partial charge in [-0.25, -0.2) is 0 Å². The molecule has 0 aliphatic carbocycles. The summed E-state index contributed by atoms with van der Waals surface area (Å²) in [6.45, 7) is 4.16. The van der Waals surface area contributed by atoms with Crippen molar-refractivity contribution in [1.29, 1.82) is 0 Å². The second kappa shape index (κ2) is 8.27. The molecule has 2 aromatic rings. The number of carbonyl (C=O) groups excluding carboxylic acids is 1. The molecular weight excluding hydrogens is 358 g/mol. The molecule has 0 unspecified atom stereocenters. The number of benzene rings is 2. The second-order valence-electron chi connectivity index (χ2n) is 5.96. The molecule has 3 rings (SSSR count).